The molecule has 0 aliphatic carbocycles. The van der Waals surface area contributed by atoms with Crippen molar-refractivity contribution in [2.75, 3.05) is 43.6 Å². The number of anilines is 1. The summed E-state index contributed by atoms with van der Waals surface area (Å²) in [4.78, 5) is 37.7. The van der Waals surface area contributed by atoms with Gasteiger partial charge in [0.25, 0.3) is 0 Å². The first-order valence-electron chi connectivity index (χ1n) is 11.2. The monoisotopic (exact) mass is 494 g/mol. The Labute approximate surface area is 199 Å². The van der Waals surface area contributed by atoms with Crippen LogP contribution in [0.3, 0.4) is 0 Å². The van der Waals surface area contributed by atoms with E-state index in [0.29, 0.717) is 13.0 Å². The third-order valence-corrected chi connectivity index (χ3v) is 6.37. The van der Waals surface area contributed by atoms with Crippen LogP contribution in [0.25, 0.3) is 10.9 Å². The molecular weight excluding hydrogens is 466 g/mol. The molecule has 2 saturated heterocycles. The zero-order valence-electron chi connectivity index (χ0n) is 19.9. The summed E-state index contributed by atoms with van der Waals surface area (Å²) in [7, 11) is 1.42. The van der Waals surface area contributed by atoms with Gasteiger partial charge < -0.3 is 30.2 Å². The molecule has 2 aliphatic heterocycles. The number of carboxylic acid groups (broad SMARTS) is 1. The maximum atomic E-state index is 15.8. The van der Waals surface area contributed by atoms with Crippen molar-refractivity contribution in [2.45, 2.75) is 38.4 Å². The van der Waals surface area contributed by atoms with Crippen molar-refractivity contribution in [2.24, 2.45) is 5.92 Å². The van der Waals surface area contributed by atoms with Crippen LogP contribution >= 0.6 is 0 Å². The van der Waals surface area contributed by atoms with Crippen LogP contribution in [-0.2, 0) is 9.47 Å². The molecule has 1 aromatic carbocycles. The number of fused-ring (bicyclic) bond motifs is 2. The summed E-state index contributed by atoms with van der Waals surface area (Å²) in [5, 5.41) is 11.6. The van der Waals surface area contributed by atoms with Crippen LogP contribution in [0.5, 0.6) is 0 Å². The van der Waals surface area contributed by atoms with Crippen molar-refractivity contribution < 1.29 is 33.0 Å². The number of nitrogens with zero attached hydrogens (tertiary/aromatic N) is 2. The highest BCUT2D eigenvalue weighted by atomic mass is 19.1. The highest BCUT2D eigenvalue weighted by Gasteiger charge is 2.52. The summed E-state index contributed by atoms with van der Waals surface area (Å²) >= 11 is 0. The van der Waals surface area contributed by atoms with Crippen LogP contribution in [0.1, 0.15) is 37.6 Å². The van der Waals surface area contributed by atoms with E-state index in [1.54, 1.807) is 20.8 Å². The third kappa shape index (κ3) is 4.38. The predicted octanol–water partition coefficient (Wildman–Crippen LogP) is 2.27. The van der Waals surface area contributed by atoms with Crippen LogP contribution < -0.4 is 21.1 Å². The van der Waals surface area contributed by atoms with Gasteiger partial charge in [0.2, 0.25) is 5.43 Å². The zero-order valence-corrected chi connectivity index (χ0v) is 19.9. The first-order chi connectivity index (χ1) is 16.4. The standard InChI is InChI=1S/C23H28F2N4O6/c1-22(2,3)35-21(33)27-10-23-11-28(8-12(23)5-6-34-23)18-15(24)7-13-17(16(18)25)29(26-4)9-14(19(13)30)20(31)32/h7,9,12,26H,5-6,8,10-11H2,1-4H3,(H,27,33)(H,31,32). The Morgan fingerprint density at radius 3 is 2.69 bits per heavy atom. The molecule has 12 heteroatoms. The lowest BCUT2D eigenvalue weighted by Gasteiger charge is -2.30. The molecule has 2 unspecified atom stereocenters. The number of nitrogens with one attached hydrogen (secondary N) is 2. The average molecular weight is 494 g/mol. The number of carbonyl (C=O) groups excluding carboxylic acids is 1. The van der Waals surface area contributed by atoms with Gasteiger partial charge >= 0.3 is 12.1 Å². The molecule has 1 aromatic heterocycles. The van der Waals surface area contributed by atoms with Crippen molar-refractivity contribution in [1.82, 2.24) is 9.99 Å². The summed E-state index contributed by atoms with van der Waals surface area (Å²) in [6.45, 7) is 6.15. The number of rotatable bonds is 5. The largest absolute Gasteiger partial charge is 0.477 e. The van der Waals surface area contributed by atoms with Crippen LogP contribution in [0.15, 0.2) is 17.1 Å². The fraction of sp³-hybridized carbons (Fsp3) is 0.522. The number of aromatic carboxylic acids is 1. The number of carboxylic acids is 1. The molecule has 0 radical (unpaired) electrons. The predicted molar refractivity (Wildman–Crippen MR) is 124 cm³/mol. The summed E-state index contributed by atoms with van der Waals surface area (Å²) < 4.78 is 43.3. The van der Waals surface area contributed by atoms with Crippen molar-refractivity contribution in [3.05, 3.63) is 39.7 Å². The number of hydrogen-bond acceptors (Lipinski definition) is 7. The van der Waals surface area contributed by atoms with E-state index in [9.17, 15) is 19.5 Å². The zero-order chi connectivity index (χ0) is 25.7. The molecule has 2 aliphatic rings. The molecule has 35 heavy (non-hydrogen) atoms. The summed E-state index contributed by atoms with van der Waals surface area (Å²) in [6.07, 6.45) is 0.994. The SMILES string of the molecule is CNn1cc(C(=O)O)c(=O)c2cc(F)c(N3CC4CCOC4(CNC(=O)OC(C)(C)C)C3)c(F)c21. The van der Waals surface area contributed by atoms with Gasteiger partial charge in [-0.15, -0.1) is 0 Å². The first-order valence-corrected chi connectivity index (χ1v) is 11.2. The van der Waals surface area contributed by atoms with Crippen LogP contribution in [0.4, 0.5) is 19.3 Å². The number of hydrogen-bond donors (Lipinski definition) is 3. The van der Waals surface area contributed by atoms with Gasteiger partial charge in [-0.25, -0.2) is 18.4 Å². The quantitative estimate of drug-likeness (QED) is 0.579. The maximum Gasteiger partial charge on any atom is 0.407 e. The van der Waals surface area contributed by atoms with Gasteiger partial charge in [-0.1, -0.05) is 0 Å². The first kappa shape index (κ1) is 24.7. The Morgan fingerprint density at radius 1 is 1.34 bits per heavy atom. The van der Waals surface area contributed by atoms with Gasteiger partial charge in [-0.2, -0.15) is 0 Å². The van der Waals surface area contributed by atoms with Crippen molar-refractivity contribution in [1.29, 1.82) is 0 Å². The third-order valence-electron chi connectivity index (χ3n) is 6.37. The second kappa shape index (κ2) is 8.67. The number of carbonyl (C=O) groups is 2. The molecule has 4 rings (SSSR count). The number of ether oxygens (including phenoxy) is 2. The van der Waals surface area contributed by atoms with E-state index >= 15 is 8.78 Å². The van der Waals surface area contributed by atoms with Crippen LogP contribution in [-0.4, -0.2) is 66.3 Å². The molecule has 3 N–H and O–H groups in total. The van der Waals surface area contributed by atoms with E-state index in [1.165, 1.54) is 11.9 Å². The number of aromatic nitrogens is 1. The lowest BCUT2D eigenvalue weighted by molar-refractivity contribution is -0.000290. The van der Waals surface area contributed by atoms with E-state index < -0.39 is 51.3 Å². The lowest BCUT2D eigenvalue weighted by atomic mass is 9.91. The fourth-order valence-corrected chi connectivity index (χ4v) is 4.85. The number of halogens is 2. The minimum absolute atomic E-state index is 0.100. The molecule has 2 atom stereocenters. The van der Waals surface area contributed by atoms with E-state index in [4.69, 9.17) is 9.47 Å². The number of benzene rings is 1. The van der Waals surface area contributed by atoms with Crippen LogP contribution in [0.2, 0.25) is 0 Å². The average Bonchev–Trinajstić information content (AvgIpc) is 3.29. The Bertz CT molecular complexity index is 1260. The van der Waals surface area contributed by atoms with E-state index in [1.807, 2.05) is 0 Å². The van der Waals surface area contributed by atoms with Crippen LogP contribution in [0, 0.1) is 17.6 Å². The number of alkyl carbamates (subject to hydrolysis) is 1. The fourth-order valence-electron chi connectivity index (χ4n) is 4.85. The molecule has 190 valence electrons. The molecule has 10 nitrogen and oxygen atoms in total. The smallest absolute Gasteiger partial charge is 0.407 e. The molecular formula is C23H28F2N4O6. The summed E-state index contributed by atoms with van der Waals surface area (Å²) in [5.74, 6) is -3.60. The van der Waals surface area contributed by atoms with Crippen molar-refractivity contribution in [3.8, 4) is 0 Å². The van der Waals surface area contributed by atoms with Gasteiger partial charge in [-0.05, 0) is 33.3 Å². The Kier molecular flexibility index (Phi) is 6.12. The highest BCUT2D eigenvalue weighted by Crippen LogP contribution is 2.42. The maximum absolute atomic E-state index is 15.8. The molecule has 1 amide bonds. The number of pyridine rings is 1. The van der Waals surface area contributed by atoms with Gasteiger partial charge in [0.1, 0.15) is 33.8 Å². The van der Waals surface area contributed by atoms with Crippen molar-refractivity contribution >= 4 is 28.7 Å². The Balaban J connectivity index is 1.70. The highest BCUT2D eigenvalue weighted by molar-refractivity contribution is 5.94. The van der Waals surface area contributed by atoms with Gasteiger partial charge in [0, 0.05) is 38.9 Å². The molecule has 2 fully saturated rings. The van der Waals surface area contributed by atoms with E-state index in [2.05, 4.69) is 10.7 Å². The molecule has 3 heterocycles. The molecule has 0 saturated carbocycles. The normalized spacial score (nSPS) is 21.8. The van der Waals surface area contributed by atoms with Gasteiger partial charge in [0.15, 0.2) is 5.82 Å². The Hall–Kier alpha value is -3.41. The van der Waals surface area contributed by atoms with E-state index in [0.717, 1.165) is 16.9 Å². The van der Waals surface area contributed by atoms with Gasteiger partial charge in [-0.3, -0.25) is 9.47 Å². The summed E-state index contributed by atoms with van der Waals surface area (Å²) in [5.41, 5.74) is -1.14. The molecule has 2 aromatic rings. The minimum Gasteiger partial charge on any atom is -0.477 e. The second-order valence-electron chi connectivity index (χ2n) is 9.82. The van der Waals surface area contributed by atoms with Crippen molar-refractivity contribution in [3.63, 3.8) is 0 Å². The topological polar surface area (TPSA) is 122 Å². The minimum atomic E-state index is -1.50. The summed E-state index contributed by atoms with van der Waals surface area (Å²) in [6, 6.07) is 0.858. The number of amides is 1. The molecule has 0 spiro atoms. The van der Waals surface area contributed by atoms with Gasteiger partial charge in [0.05, 0.1) is 11.9 Å². The molecule has 0 bridgehead atoms. The Morgan fingerprint density at radius 2 is 2.06 bits per heavy atom. The van der Waals surface area contributed by atoms with E-state index in [-0.39, 0.29) is 36.8 Å². The lowest BCUT2D eigenvalue weighted by Crippen LogP contribution is -2.49. The second-order valence-corrected chi connectivity index (χ2v) is 9.82.